The summed E-state index contributed by atoms with van der Waals surface area (Å²) in [6, 6.07) is -0.615. The molecule has 0 aliphatic carbocycles. The van der Waals surface area contributed by atoms with E-state index in [1.165, 1.54) is 4.31 Å². The van der Waals surface area contributed by atoms with Gasteiger partial charge in [-0.2, -0.15) is 9.40 Å². The van der Waals surface area contributed by atoms with Gasteiger partial charge in [-0.05, 0) is 33.1 Å². The lowest BCUT2D eigenvalue weighted by atomic mass is 9.89. The molecule has 2 saturated heterocycles. The zero-order valence-corrected chi connectivity index (χ0v) is 12.1. The van der Waals surface area contributed by atoms with Crippen molar-refractivity contribution in [2.75, 3.05) is 0 Å². The van der Waals surface area contributed by atoms with Crippen LogP contribution < -0.4 is 0 Å². The Kier molecular flexibility index (Phi) is 2.91. The predicted octanol–water partition coefficient (Wildman–Crippen LogP) is 0.653. The molecule has 3 heterocycles. The largest absolute Gasteiger partial charge is 0.481 e. The molecule has 7 nitrogen and oxygen atoms in total. The Bertz CT molecular complexity index is 647. The highest BCUT2D eigenvalue weighted by Gasteiger charge is 2.55. The zero-order valence-electron chi connectivity index (χ0n) is 11.3. The number of nitrogens with zero attached hydrogens (tertiary/aromatic N) is 2. The molecule has 2 N–H and O–H groups in total. The molecule has 0 aromatic carbocycles. The van der Waals surface area contributed by atoms with E-state index in [4.69, 9.17) is 0 Å². The summed E-state index contributed by atoms with van der Waals surface area (Å²) in [7, 11) is -3.68. The van der Waals surface area contributed by atoms with Crippen LogP contribution in [-0.2, 0) is 14.8 Å². The number of aryl methyl sites for hydroxylation is 2. The van der Waals surface area contributed by atoms with Crippen molar-refractivity contribution in [1.82, 2.24) is 14.5 Å². The number of rotatable bonds is 3. The van der Waals surface area contributed by atoms with Gasteiger partial charge in [-0.3, -0.25) is 9.89 Å². The van der Waals surface area contributed by atoms with E-state index in [-0.39, 0.29) is 10.9 Å². The molecule has 0 amide bonds. The number of H-pyrrole nitrogens is 1. The van der Waals surface area contributed by atoms with Gasteiger partial charge in [0.2, 0.25) is 10.0 Å². The van der Waals surface area contributed by atoms with Crippen molar-refractivity contribution in [3.63, 3.8) is 0 Å². The molecule has 2 aliphatic rings. The minimum atomic E-state index is -3.68. The number of aromatic nitrogens is 2. The highest BCUT2D eigenvalue weighted by atomic mass is 32.2. The number of aliphatic carboxylic acids is 1. The van der Waals surface area contributed by atoms with Crippen LogP contribution in [0.1, 0.15) is 30.7 Å². The average Bonchev–Trinajstić information content (AvgIpc) is 3.02. The lowest BCUT2D eigenvalue weighted by molar-refractivity contribution is -0.142. The Morgan fingerprint density at radius 2 is 2.10 bits per heavy atom. The Labute approximate surface area is 117 Å². The second kappa shape index (κ2) is 4.29. The van der Waals surface area contributed by atoms with Crippen molar-refractivity contribution in [2.45, 2.75) is 50.1 Å². The molecule has 8 heteroatoms. The van der Waals surface area contributed by atoms with Gasteiger partial charge in [0.05, 0.1) is 17.3 Å². The number of carboxylic acid groups (broad SMARTS) is 1. The molecule has 1 aromatic heterocycles. The summed E-state index contributed by atoms with van der Waals surface area (Å²) in [6.07, 6.45) is 1.77. The van der Waals surface area contributed by atoms with Crippen molar-refractivity contribution >= 4 is 16.0 Å². The number of carboxylic acids is 1. The molecule has 1 aromatic rings. The molecular formula is C12H17N3O4S. The van der Waals surface area contributed by atoms with Crippen LogP contribution in [0.3, 0.4) is 0 Å². The Morgan fingerprint density at radius 1 is 1.40 bits per heavy atom. The van der Waals surface area contributed by atoms with Crippen LogP contribution in [0.5, 0.6) is 0 Å². The molecule has 0 unspecified atom stereocenters. The van der Waals surface area contributed by atoms with Gasteiger partial charge in [-0.15, -0.1) is 0 Å². The van der Waals surface area contributed by atoms with E-state index in [0.29, 0.717) is 24.2 Å². The van der Waals surface area contributed by atoms with Crippen molar-refractivity contribution < 1.29 is 18.3 Å². The second-order valence-corrected chi connectivity index (χ2v) is 7.36. The summed E-state index contributed by atoms with van der Waals surface area (Å²) < 4.78 is 27.1. The first-order chi connectivity index (χ1) is 9.34. The summed E-state index contributed by atoms with van der Waals surface area (Å²) in [4.78, 5) is 11.4. The van der Waals surface area contributed by atoms with Gasteiger partial charge in [0.1, 0.15) is 4.90 Å². The van der Waals surface area contributed by atoms with Gasteiger partial charge in [-0.1, -0.05) is 0 Å². The minimum Gasteiger partial charge on any atom is -0.481 e. The number of hydrogen-bond donors (Lipinski definition) is 2. The minimum absolute atomic E-state index is 0.195. The van der Waals surface area contributed by atoms with Crippen LogP contribution in [0.4, 0.5) is 0 Å². The Morgan fingerprint density at radius 3 is 2.60 bits per heavy atom. The predicted molar refractivity (Wildman–Crippen MR) is 69.6 cm³/mol. The third-order valence-electron chi connectivity index (χ3n) is 4.39. The van der Waals surface area contributed by atoms with Crippen molar-refractivity contribution in [3.8, 4) is 0 Å². The van der Waals surface area contributed by atoms with Crippen molar-refractivity contribution in [3.05, 3.63) is 11.4 Å². The topological polar surface area (TPSA) is 103 Å². The first kappa shape index (κ1) is 13.6. The summed E-state index contributed by atoms with van der Waals surface area (Å²) in [5.41, 5.74) is 0.932. The molecule has 2 bridgehead atoms. The van der Waals surface area contributed by atoms with Crippen LogP contribution in [0.2, 0.25) is 0 Å². The second-order valence-electron chi connectivity index (χ2n) is 5.58. The fourth-order valence-corrected chi connectivity index (χ4v) is 5.86. The number of carbonyl (C=O) groups is 1. The van der Waals surface area contributed by atoms with E-state index in [1.807, 2.05) is 0 Å². The molecule has 3 atom stereocenters. The average molecular weight is 299 g/mol. The van der Waals surface area contributed by atoms with E-state index >= 15 is 0 Å². The van der Waals surface area contributed by atoms with Gasteiger partial charge in [0.25, 0.3) is 0 Å². The summed E-state index contributed by atoms with van der Waals surface area (Å²) in [5.74, 6) is -1.49. The first-order valence-electron chi connectivity index (χ1n) is 6.62. The molecule has 3 rings (SSSR count). The quantitative estimate of drug-likeness (QED) is 0.853. The molecule has 0 spiro atoms. The maximum Gasteiger partial charge on any atom is 0.308 e. The van der Waals surface area contributed by atoms with E-state index in [0.717, 1.165) is 6.42 Å². The lowest BCUT2D eigenvalue weighted by Crippen LogP contribution is -2.38. The number of fused-ring (bicyclic) bond motifs is 2. The smallest absolute Gasteiger partial charge is 0.308 e. The standard InChI is InChI=1S/C12H17N3O4S/c1-6-11(7(2)14-13-6)20(18,19)15-8-3-4-10(15)9(5-8)12(16)17/h8-10H,3-5H2,1-2H3,(H,13,14)(H,16,17)/t8-,9-,10-/m0/s1. The first-order valence-corrected chi connectivity index (χ1v) is 8.06. The number of hydrogen-bond acceptors (Lipinski definition) is 4. The van der Waals surface area contributed by atoms with Crippen LogP contribution >= 0.6 is 0 Å². The van der Waals surface area contributed by atoms with E-state index in [1.54, 1.807) is 13.8 Å². The molecule has 0 radical (unpaired) electrons. The molecule has 0 saturated carbocycles. The number of aromatic amines is 1. The van der Waals surface area contributed by atoms with Gasteiger partial charge < -0.3 is 5.11 Å². The van der Waals surface area contributed by atoms with Crippen LogP contribution in [0, 0.1) is 19.8 Å². The van der Waals surface area contributed by atoms with Gasteiger partial charge in [0.15, 0.2) is 0 Å². The van der Waals surface area contributed by atoms with E-state index < -0.39 is 28.0 Å². The molecular weight excluding hydrogens is 282 g/mol. The van der Waals surface area contributed by atoms with Crippen LogP contribution in [0.15, 0.2) is 4.90 Å². The van der Waals surface area contributed by atoms with Crippen molar-refractivity contribution in [2.24, 2.45) is 5.92 Å². The maximum absolute atomic E-state index is 12.8. The fraction of sp³-hybridized carbons (Fsp3) is 0.667. The maximum atomic E-state index is 12.8. The van der Waals surface area contributed by atoms with Gasteiger partial charge >= 0.3 is 5.97 Å². The van der Waals surface area contributed by atoms with E-state index in [9.17, 15) is 18.3 Å². The SMILES string of the molecule is Cc1n[nH]c(C)c1S(=O)(=O)N1[C@H]2CC[C@H]1[C@@H](C(=O)O)C2. The summed E-state index contributed by atoms with van der Waals surface area (Å²) >= 11 is 0. The zero-order chi connectivity index (χ0) is 14.7. The molecule has 2 aliphatic heterocycles. The Balaban J connectivity index is 2.04. The molecule has 20 heavy (non-hydrogen) atoms. The highest BCUT2D eigenvalue weighted by molar-refractivity contribution is 7.89. The summed E-state index contributed by atoms with van der Waals surface area (Å²) in [6.45, 7) is 3.31. The fourth-order valence-electron chi connectivity index (χ4n) is 3.60. The third-order valence-corrected chi connectivity index (χ3v) is 6.63. The number of sulfonamides is 1. The molecule has 110 valence electrons. The number of nitrogens with one attached hydrogen (secondary N) is 1. The Hall–Kier alpha value is -1.41. The third kappa shape index (κ3) is 1.71. The monoisotopic (exact) mass is 299 g/mol. The normalized spacial score (nSPS) is 30.0. The summed E-state index contributed by atoms with van der Waals surface area (Å²) in [5, 5.41) is 15.8. The van der Waals surface area contributed by atoms with Gasteiger partial charge in [-0.25, -0.2) is 8.42 Å². The lowest BCUT2D eigenvalue weighted by Gasteiger charge is -2.22. The highest BCUT2D eigenvalue weighted by Crippen LogP contribution is 2.45. The van der Waals surface area contributed by atoms with Crippen molar-refractivity contribution in [1.29, 1.82) is 0 Å². The van der Waals surface area contributed by atoms with Crippen LogP contribution in [0.25, 0.3) is 0 Å². The molecule has 2 fully saturated rings. The van der Waals surface area contributed by atoms with Gasteiger partial charge in [0, 0.05) is 12.1 Å². The van der Waals surface area contributed by atoms with E-state index in [2.05, 4.69) is 10.2 Å². The van der Waals surface area contributed by atoms with Crippen LogP contribution in [-0.4, -0.2) is 46.1 Å².